The monoisotopic (exact) mass is 275 g/mol. The topological polar surface area (TPSA) is 25.2 Å². The van der Waals surface area contributed by atoms with Gasteiger partial charge in [0.05, 0.1) is 6.04 Å². The molecule has 1 aromatic heterocycles. The highest BCUT2D eigenvalue weighted by molar-refractivity contribution is 5.82. The van der Waals surface area contributed by atoms with Crippen LogP contribution in [0.2, 0.25) is 0 Å². The Kier molecular flexibility index (Phi) is 3.79. The third-order valence-corrected chi connectivity index (χ3v) is 4.64. The third kappa shape index (κ3) is 2.47. The fourth-order valence-corrected chi connectivity index (χ4v) is 3.48. The van der Waals surface area contributed by atoms with E-state index >= 15 is 0 Å². The summed E-state index contributed by atoms with van der Waals surface area (Å²) in [5, 5.41) is 4.27. The minimum atomic E-state index is -0.204. The minimum Gasteiger partial charge on any atom is -0.459 e. The molecule has 1 aliphatic carbocycles. The number of furan rings is 1. The summed E-state index contributed by atoms with van der Waals surface area (Å²) in [6, 6.07) is 4.98. The van der Waals surface area contributed by atoms with Crippen LogP contribution in [-0.2, 0) is 0 Å². The average Bonchev–Trinajstić information content (AvgIpc) is 3.05. The maximum absolute atomic E-state index is 13.4. The van der Waals surface area contributed by atoms with Crippen molar-refractivity contribution >= 4 is 11.0 Å². The van der Waals surface area contributed by atoms with Crippen molar-refractivity contribution in [2.45, 2.75) is 45.1 Å². The van der Waals surface area contributed by atoms with E-state index in [2.05, 4.69) is 5.32 Å². The van der Waals surface area contributed by atoms with Crippen LogP contribution in [-0.4, -0.2) is 7.05 Å². The molecule has 1 saturated carbocycles. The molecule has 108 valence electrons. The predicted octanol–water partition coefficient (Wildman–Crippen LogP) is 4.72. The molecule has 20 heavy (non-hydrogen) atoms. The second-order valence-electron chi connectivity index (χ2n) is 5.96. The Balaban J connectivity index is 1.92. The van der Waals surface area contributed by atoms with Crippen molar-refractivity contribution < 1.29 is 8.81 Å². The van der Waals surface area contributed by atoms with Crippen LogP contribution in [0.1, 0.15) is 49.5 Å². The van der Waals surface area contributed by atoms with Crippen LogP contribution in [0.3, 0.4) is 0 Å². The van der Waals surface area contributed by atoms with Crippen molar-refractivity contribution in [1.29, 1.82) is 0 Å². The zero-order chi connectivity index (χ0) is 14.1. The van der Waals surface area contributed by atoms with Crippen LogP contribution in [0.25, 0.3) is 11.0 Å². The molecule has 1 aliphatic rings. The number of hydrogen-bond acceptors (Lipinski definition) is 2. The molecule has 3 rings (SSSR count). The van der Waals surface area contributed by atoms with Gasteiger partial charge in [0.15, 0.2) is 0 Å². The first-order valence-electron chi connectivity index (χ1n) is 7.55. The zero-order valence-electron chi connectivity index (χ0n) is 12.2. The van der Waals surface area contributed by atoms with Gasteiger partial charge in [-0.05, 0) is 44.5 Å². The Hall–Kier alpha value is -1.35. The Morgan fingerprint density at radius 1 is 1.35 bits per heavy atom. The fraction of sp³-hybridized carbons (Fsp3) is 0.529. The van der Waals surface area contributed by atoms with Crippen LogP contribution in [0.5, 0.6) is 0 Å². The molecule has 0 aliphatic heterocycles. The first-order chi connectivity index (χ1) is 9.69. The summed E-state index contributed by atoms with van der Waals surface area (Å²) in [5.74, 6) is 1.56. The molecule has 0 radical (unpaired) electrons. The van der Waals surface area contributed by atoms with E-state index < -0.39 is 0 Å². The van der Waals surface area contributed by atoms with Crippen LogP contribution in [0.15, 0.2) is 22.6 Å². The second-order valence-corrected chi connectivity index (χ2v) is 5.96. The van der Waals surface area contributed by atoms with Crippen molar-refractivity contribution in [3.05, 3.63) is 35.3 Å². The van der Waals surface area contributed by atoms with Gasteiger partial charge in [-0.25, -0.2) is 4.39 Å². The molecule has 1 fully saturated rings. The highest BCUT2D eigenvalue weighted by Gasteiger charge is 2.24. The Morgan fingerprint density at radius 2 is 2.10 bits per heavy atom. The number of benzene rings is 1. The number of fused-ring (bicyclic) bond motifs is 1. The van der Waals surface area contributed by atoms with E-state index in [9.17, 15) is 4.39 Å². The van der Waals surface area contributed by atoms with E-state index in [0.29, 0.717) is 0 Å². The molecule has 0 bridgehead atoms. The van der Waals surface area contributed by atoms with E-state index in [1.807, 2.05) is 14.0 Å². The number of hydrogen-bond donors (Lipinski definition) is 1. The normalized spacial score (nSPS) is 17.9. The van der Waals surface area contributed by atoms with Gasteiger partial charge in [0, 0.05) is 10.9 Å². The summed E-state index contributed by atoms with van der Waals surface area (Å²) >= 11 is 0. The van der Waals surface area contributed by atoms with Gasteiger partial charge in [-0.3, -0.25) is 0 Å². The maximum atomic E-state index is 13.4. The lowest BCUT2D eigenvalue weighted by molar-refractivity contribution is 0.364. The number of aryl methyl sites for hydroxylation is 1. The predicted molar refractivity (Wildman–Crippen MR) is 79.3 cm³/mol. The van der Waals surface area contributed by atoms with Crippen molar-refractivity contribution in [1.82, 2.24) is 5.32 Å². The molecule has 3 heteroatoms. The molecule has 0 spiro atoms. The highest BCUT2D eigenvalue weighted by Crippen LogP contribution is 2.36. The lowest BCUT2D eigenvalue weighted by atomic mass is 9.95. The first-order valence-corrected chi connectivity index (χ1v) is 7.55. The summed E-state index contributed by atoms with van der Waals surface area (Å²) in [6.45, 7) is 2.03. The third-order valence-electron chi connectivity index (χ3n) is 4.64. The van der Waals surface area contributed by atoms with Crippen LogP contribution in [0, 0.1) is 18.7 Å². The molecule has 1 heterocycles. The summed E-state index contributed by atoms with van der Waals surface area (Å²) < 4.78 is 19.4. The Labute approximate surface area is 119 Å². The second kappa shape index (κ2) is 5.57. The number of nitrogens with one attached hydrogen (secondary N) is 1. The summed E-state index contributed by atoms with van der Waals surface area (Å²) in [5.41, 5.74) is 1.85. The molecule has 2 nitrogen and oxygen atoms in total. The zero-order valence-corrected chi connectivity index (χ0v) is 12.2. The van der Waals surface area contributed by atoms with E-state index in [4.69, 9.17) is 4.42 Å². The average molecular weight is 275 g/mol. The van der Waals surface area contributed by atoms with Gasteiger partial charge in [-0.1, -0.05) is 25.7 Å². The number of rotatable bonds is 4. The van der Waals surface area contributed by atoms with Crippen molar-refractivity contribution in [2.75, 3.05) is 7.05 Å². The first kappa shape index (κ1) is 13.6. The van der Waals surface area contributed by atoms with Crippen molar-refractivity contribution in [3.63, 3.8) is 0 Å². The molecular weight excluding hydrogens is 253 g/mol. The van der Waals surface area contributed by atoms with Crippen LogP contribution < -0.4 is 5.32 Å². The van der Waals surface area contributed by atoms with Gasteiger partial charge < -0.3 is 9.73 Å². The SMILES string of the molecule is CNC(CC1CCCC1)c1oc2ccc(F)cc2c1C. The lowest BCUT2D eigenvalue weighted by Crippen LogP contribution is -2.19. The summed E-state index contributed by atoms with van der Waals surface area (Å²) in [7, 11) is 1.98. The van der Waals surface area contributed by atoms with Gasteiger partial charge in [0.1, 0.15) is 17.2 Å². The molecular formula is C17H22FNO. The van der Waals surface area contributed by atoms with E-state index in [0.717, 1.165) is 34.6 Å². The van der Waals surface area contributed by atoms with Gasteiger partial charge in [0.2, 0.25) is 0 Å². The standard InChI is InChI=1S/C17H22FNO/c1-11-14-10-13(18)7-8-16(14)20-17(11)15(19-2)9-12-5-3-4-6-12/h7-8,10,12,15,19H,3-6,9H2,1-2H3. The quantitative estimate of drug-likeness (QED) is 0.873. The highest BCUT2D eigenvalue weighted by atomic mass is 19.1. The maximum Gasteiger partial charge on any atom is 0.134 e. The number of halogens is 1. The molecule has 1 N–H and O–H groups in total. The summed E-state index contributed by atoms with van der Waals surface area (Å²) in [4.78, 5) is 0. The van der Waals surface area contributed by atoms with Crippen LogP contribution >= 0.6 is 0 Å². The van der Waals surface area contributed by atoms with E-state index in [1.165, 1.54) is 31.7 Å². The van der Waals surface area contributed by atoms with Gasteiger partial charge in [-0.15, -0.1) is 0 Å². The molecule has 0 amide bonds. The lowest BCUT2D eigenvalue weighted by Gasteiger charge is -2.18. The van der Waals surface area contributed by atoms with E-state index in [-0.39, 0.29) is 11.9 Å². The smallest absolute Gasteiger partial charge is 0.134 e. The largest absolute Gasteiger partial charge is 0.459 e. The summed E-state index contributed by atoms with van der Waals surface area (Å²) in [6.07, 6.45) is 6.47. The molecule has 0 saturated heterocycles. The van der Waals surface area contributed by atoms with Crippen molar-refractivity contribution in [2.24, 2.45) is 5.92 Å². The van der Waals surface area contributed by atoms with Crippen LogP contribution in [0.4, 0.5) is 4.39 Å². The molecule has 1 unspecified atom stereocenters. The fourth-order valence-electron chi connectivity index (χ4n) is 3.48. The minimum absolute atomic E-state index is 0.204. The Bertz CT molecular complexity index is 598. The Morgan fingerprint density at radius 3 is 2.80 bits per heavy atom. The van der Waals surface area contributed by atoms with Gasteiger partial charge in [-0.2, -0.15) is 0 Å². The molecule has 1 aromatic carbocycles. The van der Waals surface area contributed by atoms with E-state index in [1.54, 1.807) is 12.1 Å². The molecule has 2 aromatic rings. The van der Waals surface area contributed by atoms with Gasteiger partial charge >= 0.3 is 0 Å². The van der Waals surface area contributed by atoms with Crippen molar-refractivity contribution in [3.8, 4) is 0 Å². The van der Waals surface area contributed by atoms with Gasteiger partial charge in [0.25, 0.3) is 0 Å². The molecule has 1 atom stereocenters.